The molecule has 136 valence electrons. The Morgan fingerprint density at radius 3 is 2.85 bits per heavy atom. The molecule has 2 aliphatic heterocycles. The van der Waals surface area contributed by atoms with E-state index in [0.717, 1.165) is 25.0 Å². The first kappa shape index (κ1) is 16.8. The lowest BCUT2D eigenvalue weighted by Crippen LogP contribution is -2.48. The highest BCUT2D eigenvalue weighted by Crippen LogP contribution is 2.42. The van der Waals surface area contributed by atoms with Gasteiger partial charge < -0.3 is 19.5 Å². The summed E-state index contributed by atoms with van der Waals surface area (Å²) in [7, 11) is 1.67. The van der Waals surface area contributed by atoms with E-state index in [1.165, 1.54) is 23.4 Å². The van der Waals surface area contributed by atoms with Crippen molar-refractivity contribution in [2.75, 3.05) is 26.8 Å². The molecule has 26 heavy (non-hydrogen) atoms. The molecular weight excluding hydrogens is 332 g/mol. The lowest BCUT2D eigenvalue weighted by molar-refractivity contribution is -0.0935. The van der Waals surface area contributed by atoms with E-state index in [1.807, 2.05) is 6.07 Å². The van der Waals surface area contributed by atoms with Crippen LogP contribution in [0.4, 0.5) is 0 Å². The van der Waals surface area contributed by atoms with Crippen LogP contribution in [0.2, 0.25) is 0 Å². The molecule has 1 amide bonds. The van der Waals surface area contributed by atoms with Gasteiger partial charge >= 0.3 is 0 Å². The number of hydrogen-bond donors (Lipinski definition) is 1. The van der Waals surface area contributed by atoms with Crippen LogP contribution >= 0.6 is 0 Å². The molecule has 2 aliphatic rings. The van der Waals surface area contributed by atoms with Crippen molar-refractivity contribution in [3.8, 4) is 11.5 Å². The molecule has 1 saturated heterocycles. The molecule has 6 nitrogen and oxygen atoms in total. The van der Waals surface area contributed by atoms with Crippen molar-refractivity contribution in [1.82, 2.24) is 9.88 Å². The van der Waals surface area contributed by atoms with Crippen molar-refractivity contribution in [2.24, 2.45) is 0 Å². The Hall–Kier alpha value is -2.60. The standard InChI is InChI=1S/C20H22N2O4/c1-25-15-4-5-16-14(13-15)6-12-26-20(16)7-10-22(11-8-20)19(24)18-17(23)3-2-9-21-18/h2-5,9,13,23H,6-8,10-12H2,1H3. The van der Waals surface area contributed by atoms with Gasteiger partial charge in [0.25, 0.3) is 5.91 Å². The van der Waals surface area contributed by atoms with Crippen molar-refractivity contribution in [2.45, 2.75) is 24.9 Å². The molecule has 0 saturated carbocycles. The molecule has 0 atom stereocenters. The maximum absolute atomic E-state index is 12.7. The van der Waals surface area contributed by atoms with Crippen LogP contribution in [-0.4, -0.2) is 47.7 Å². The number of amides is 1. The van der Waals surface area contributed by atoms with Crippen LogP contribution in [0.25, 0.3) is 0 Å². The van der Waals surface area contributed by atoms with Crippen LogP contribution in [0.5, 0.6) is 11.5 Å². The van der Waals surface area contributed by atoms with Gasteiger partial charge in [-0.2, -0.15) is 0 Å². The van der Waals surface area contributed by atoms with Gasteiger partial charge in [0, 0.05) is 19.3 Å². The van der Waals surface area contributed by atoms with E-state index >= 15 is 0 Å². The number of aromatic hydroxyl groups is 1. The highest BCUT2D eigenvalue weighted by Gasteiger charge is 2.42. The van der Waals surface area contributed by atoms with E-state index in [2.05, 4.69) is 17.1 Å². The zero-order valence-electron chi connectivity index (χ0n) is 14.8. The number of rotatable bonds is 2. The van der Waals surface area contributed by atoms with Crippen molar-refractivity contribution >= 4 is 5.91 Å². The minimum atomic E-state index is -0.344. The molecule has 3 heterocycles. The number of carbonyl (C=O) groups excluding carboxylic acids is 1. The van der Waals surface area contributed by atoms with Gasteiger partial charge in [0.15, 0.2) is 5.69 Å². The van der Waals surface area contributed by atoms with Crippen molar-refractivity contribution < 1.29 is 19.4 Å². The van der Waals surface area contributed by atoms with Crippen molar-refractivity contribution in [3.63, 3.8) is 0 Å². The summed E-state index contributed by atoms with van der Waals surface area (Å²) in [5, 5.41) is 9.89. The Labute approximate surface area is 152 Å². The molecule has 4 rings (SSSR count). The van der Waals surface area contributed by atoms with E-state index in [1.54, 1.807) is 18.1 Å². The zero-order chi connectivity index (χ0) is 18.1. The largest absolute Gasteiger partial charge is 0.505 e. The molecule has 1 aromatic carbocycles. The summed E-state index contributed by atoms with van der Waals surface area (Å²) in [5.74, 6) is 0.548. The summed E-state index contributed by atoms with van der Waals surface area (Å²) in [5.41, 5.74) is 2.23. The number of methoxy groups -OCH3 is 1. The van der Waals surface area contributed by atoms with Crippen LogP contribution in [0.15, 0.2) is 36.5 Å². The molecule has 1 aromatic heterocycles. The molecule has 2 aromatic rings. The summed E-state index contributed by atoms with van der Waals surface area (Å²) in [6.45, 7) is 1.82. The minimum absolute atomic E-state index is 0.0795. The number of carbonyl (C=O) groups is 1. The predicted molar refractivity (Wildman–Crippen MR) is 95.4 cm³/mol. The molecular formula is C20H22N2O4. The highest BCUT2D eigenvalue weighted by atomic mass is 16.5. The van der Waals surface area contributed by atoms with Gasteiger partial charge in [-0.1, -0.05) is 6.07 Å². The van der Waals surface area contributed by atoms with E-state index < -0.39 is 0 Å². The monoisotopic (exact) mass is 354 g/mol. The second-order valence-electron chi connectivity index (χ2n) is 6.78. The van der Waals surface area contributed by atoms with Gasteiger partial charge in [-0.25, -0.2) is 4.98 Å². The molecule has 1 spiro atoms. The number of aromatic nitrogens is 1. The van der Waals surface area contributed by atoms with Crippen LogP contribution < -0.4 is 4.74 Å². The number of hydrogen-bond acceptors (Lipinski definition) is 5. The Bertz CT molecular complexity index is 828. The summed E-state index contributed by atoms with van der Waals surface area (Å²) < 4.78 is 11.6. The zero-order valence-corrected chi connectivity index (χ0v) is 14.8. The highest BCUT2D eigenvalue weighted by molar-refractivity contribution is 5.94. The lowest BCUT2D eigenvalue weighted by atomic mass is 9.79. The van der Waals surface area contributed by atoms with Crippen molar-refractivity contribution in [1.29, 1.82) is 0 Å². The normalized spacial score (nSPS) is 18.4. The number of pyridine rings is 1. The predicted octanol–water partition coefficient (Wildman–Crippen LogP) is 2.50. The van der Waals surface area contributed by atoms with Crippen molar-refractivity contribution in [3.05, 3.63) is 53.3 Å². The Morgan fingerprint density at radius 1 is 1.31 bits per heavy atom. The van der Waals surface area contributed by atoms with E-state index in [9.17, 15) is 9.90 Å². The van der Waals surface area contributed by atoms with E-state index in [-0.39, 0.29) is 23.0 Å². The minimum Gasteiger partial charge on any atom is -0.505 e. The summed E-state index contributed by atoms with van der Waals surface area (Å²) in [6.07, 6.45) is 3.85. The topological polar surface area (TPSA) is 71.9 Å². The maximum Gasteiger partial charge on any atom is 0.276 e. The molecule has 0 radical (unpaired) electrons. The Balaban J connectivity index is 1.54. The molecule has 0 aliphatic carbocycles. The third-order valence-corrected chi connectivity index (χ3v) is 5.40. The van der Waals surface area contributed by atoms with Gasteiger partial charge in [0.05, 0.1) is 19.3 Å². The number of nitrogens with zero attached hydrogens (tertiary/aromatic N) is 2. The number of likely N-dealkylation sites (tertiary alicyclic amines) is 1. The fourth-order valence-corrected chi connectivity index (χ4v) is 3.98. The molecule has 0 bridgehead atoms. The first-order valence-corrected chi connectivity index (χ1v) is 8.87. The average molecular weight is 354 g/mol. The first-order chi connectivity index (χ1) is 12.6. The van der Waals surface area contributed by atoms with Gasteiger partial charge in [0.1, 0.15) is 11.5 Å². The van der Waals surface area contributed by atoms with Crippen LogP contribution in [0.1, 0.15) is 34.5 Å². The Kier molecular flexibility index (Phi) is 4.28. The lowest BCUT2D eigenvalue weighted by Gasteiger charge is -2.45. The summed E-state index contributed by atoms with van der Waals surface area (Å²) in [6, 6.07) is 9.25. The second-order valence-corrected chi connectivity index (χ2v) is 6.78. The SMILES string of the molecule is COc1ccc2c(c1)CCOC21CCN(C(=O)c2ncccc2O)CC1. The smallest absolute Gasteiger partial charge is 0.276 e. The number of ether oxygens (including phenoxy) is 2. The third kappa shape index (κ3) is 2.80. The first-order valence-electron chi connectivity index (χ1n) is 8.87. The molecule has 0 unspecified atom stereocenters. The molecule has 6 heteroatoms. The number of piperidine rings is 1. The summed E-state index contributed by atoms with van der Waals surface area (Å²) in [4.78, 5) is 18.4. The van der Waals surface area contributed by atoms with Gasteiger partial charge in [-0.3, -0.25) is 4.79 Å². The van der Waals surface area contributed by atoms with Crippen LogP contribution in [0, 0.1) is 0 Å². The quantitative estimate of drug-likeness (QED) is 0.897. The number of benzene rings is 1. The van der Waals surface area contributed by atoms with E-state index in [0.29, 0.717) is 19.7 Å². The Morgan fingerprint density at radius 2 is 2.12 bits per heavy atom. The van der Waals surface area contributed by atoms with Gasteiger partial charge in [0.2, 0.25) is 0 Å². The van der Waals surface area contributed by atoms with Gasteiger partial charge in [-0.15, -0.1) is 0 Å². The van der Waals surface area contributed by atoms with Gasteiger partial charge in [-0.05, 0) is 54.7 Å². The fraction of sp³-hybridized carbons (Fsp3) is 0.400. The average Bonchev–Trinajstić information content (AvgIpc) is 2.68. The maximum atomic E-state index is 12.7. The molecule has 1 fully saturated rings. The second kappa shape index (κ2) is 6.61. The van der Waals surface area contributed by atoms with Crippen LogP contribution in [0.3, 0.4) is 0 Å². The van der Waals surface area contributed by atoms with Crippen LogP contribution in [-0.2, 0) is 16.8 Å². The van der Waals surface area contributed by atoms with E-state index in [4.69, 9.17) is 9.47 Å². The number of fused-ring (bicyclic) bond motifs is 2. The summed E-state index contributed by atoms with van der Waals surface area (Å²) >= 11 is 0. The fourth-order valence-electron chi connectivity index (χ4n) is 3.98. The third-order valence-electron chi connectivity index (χ3n) is 5.40. The molecule has 1 N–H and O–H groups in total.